The second-order valence-electron chi connectivity index (χ2n) is 5.05. The number of halogens is 1. The predicted molar refractivity (Wildman–Crippen MR) is 78.9 cm³/mol. The fraction of sp³-hybridized carbons (Fsp3) is 0.571. The van der Waals surface area contributed by atoms with E-state index in [9.17, 15) is 0 Å². The van der Waals surface area contributed by atoms with Crippen molar-refractivity contribution in [2.75, 3.05) is 31.7 Å². The highest BCUT2D eigenvalue weighted by atomic mass is 79.9. The standard InChI is InChI=1S/C14H21BrN2O/c1-10(16)13-4-3-12(7-14(13)15)17-6-5-11(8-17)9-18-2/h3-4,7,10-11H,5-6,8-9,16H2,1-2H3. The van der Waals surface area contributed by atoms with E-state index >= 15 is 0 Å². The first kappa shape index (κ1) is 13.8. The highest BCUT2D eigenvalue weighted by Gasteiger charge is 2.23. The topological polar surface area (TPSA) is 38.5 Å². The molecule has 2 N–H and O–H groups in total. The molecule has 18 heavy (non-hydrogen) atoms. The predicted octanol–water partition coefficient (Wildman–Crippen LogP) is 2.94. The maximum atomic E-state index is 5.92. The molecule has 1 aliphatic heterocycles. The van der Waals surface area contributed by atoms with Gasteiger partial charge in [-0.2, -0.15) is 0 Å². The molecule has 2 unspecified atom stereocenters. The summed E-state index contributed by atoms with van der Waals surface area (Å²) in [6.45, 7) is 5.05. The van der Waals surface area contributed by atoms with Crippen molar-refractivity contribution in [3.05, 3.63) is 28.2 Å². The van der Waals surface area contributed by atoms with E-state index < -0.39 is 0 Å². The minimum Gasteiger partial charge on any atom is -0.384 e. The van der Waals surface area contributed by atoms with Gasteiger partial charge in [0.2, 0.25) is 0 Å². The van der Waals surface area contributed by atoms with Gasteiger partial charge in [-0.15, -0.1) is 0 Å². The third-order valence-electron chi connectivity index (χ3n) is 3.53. The molecule has 0 radical (unpaired) electrons. The summed E-state index contributed by atoms with van der Waals surface area (Å²) in [5.41, 5.74) is 8.35. The Hall–Kier alpha value is -0.580. The number of ether oxygens (including phenoxy) is 1. The summed E-state index contributed by atoms with van der Waals surface area (Å²) < 4.78 is 6.33. The van der Waals surface area contributed by atoms with Crippen molar-refractivity contribution in [1.82, 2.24) is 0 Å². The molecule has 1 aromatic rings. The largest absolute Gasteiger partial charge is 0.384 e. The molecule has 1 fully saturated rings. The van der Waals surface area contributed by atoms with Crippen LogP contribution in [-0.4, -0.2) is 26.8 Å². The van der Waals surface area contributed by atoms with Crippen LogP contribution in [0.5, 0.6) is 0 Å². The van der Waals surface area contributed by atoms with Gasteiger partial charge in [0.25, 0.3) is 0 Å². The van der Waals surface area contributed by atoms with Gasteiger partial charge >= 0.3 is 0 Å². The molecule has 3 nitrogen and oxygen atoms in total. The Morgan fingerprint density at radius 3 is 2.94 bits per heavy atom. The smallest absolute Gasteiger partial charge is 0.0508 e. The zero-order valence-electron chi connectivity index (χ0n) is 11.0. The fourth-order valence-electron chi connectivity index (χ4n) is 2.52. The number of benzene rings is 1. The average Bonchev–Trinajstić information content (AvgIpc) is 2.77. The van der Waals surface area contributed by atoms with E-state index in [2.05, 4.69) is 39.0 Å². The quantitative estimate of drug-likeness (QED) is 0.929. The number of anilines is 1. The van der Waals surface area contributed by atoms with Gasteiger partial charge in [-0.05, 0) is 31.0 Å². The van der Waals surface area contributed by atoms with Crippen LogP contribution in [0.3, 0.4) is 0 Å². The Bertz CT molecular complexity index is 409. The third-order valence-corrected chi connectivity index (χ3v) is 4.21. The summed E-state index contributed by atoms with van der Waals surface area (Å²) in [5, 5.41) is 0. The third kappa shape index (κ3) is 3.05. The van der Waals surface area contributed by atoms with E-state index in [0.29, 0.717) is 5.92 Å². The molecule has 100 valence electrons. The number of methoxy groups -OCH3 is 1. The number of nitrogens with two attached hydrogens (primary N) is 1. The van der Waals surface area contributed by atoms with E-state index in [4.69, 9.17) is 10.5 Å². The van der Waals surface area contributed by atoms with Crippen molar-refractivity contribution >= 4 is 21.6 Å². The van der Waals surface area contributed by atoms with Crippen LogP contribution in [0.1, 0.15) is 24.9 Å². The molecule has 1 aromatic carbocycles. The van der Waals surface area contributed by atoms with Gasteiger partial charge in [-0.25, -0.2) is 0 Å². The summed E-state index contributed by atoms with van der Waals surface area (Å²) in [4.78, 5) is 2.42. The van der Waals surface area contributed by atoms with Crippen molar-refractivity contribution in [3.8, 4) is 0 Å². The first-order valence-electron chi connectivity index (χ1n) is 6.40. The Labute approximate surface area is 117 Å². The highest BCUT2D eigenvalue weighted by Crippen LogP contribution is 2.30. The molecule has 0 saturated carbocycles. The van der Waals surface area contributed by atoms with Gasteiger partial charge in [-0.3, -0.25) is 0 Å². The lowest BCUT2D eigenvalue weighted by Crippen LogP contribution is -2.21. The van der Waals surface area contributed by atoms with E-state index in [1.807, 2.05) is 6.92 Å². The molecule has 1 heterocycles. The van der Waals surface area contributed by atoms with Gasteiger partial charge in [0.1, 0.15) is 0 Å². The molecule has 2 rings (SSSR count). The van der Waals surface area contributed by atoms with Crippen LogP contribution >= 0.6 is 15.9 Å². The normalized spacial score (nSPS) is 21.3. The molecule has 0 aliphatic carbocycles. The van der Waals surface area contributed by atoms with E-state index in [0.717, 1.165) is 29.7 Å². The van der Waals surface area contributed by atoms with Crippen LogP contribution in [0.25, 0.3) is 0 Å². The minimum absolute atomic E-state index is 0.0632. The van der Waals surface area contributed by atoms with Crippen molar-refractivity contribution < 1.29 is 4.74 Å². The van der Waals surface area contributed by atoms with Crippen LogP contribution in [0.4, 0.5) is 5.69 Å². The van der Waals surface area contributed by atoms with Crippen molar-refractivity contribution in [2.45, 2.75) is 19.4 Å². The summed E-state index contributed by atoms with van der Waals surface area (Å²) in [6.07, 6.45) is 1.21. The second-order valence-corrected chi connectivity index (χ2v) is 5.90. The lowest BCUT2D eigenvalue weighted by Gasteiger charge is -2.20. The maximum absolute atomic E-state index is 5.92. The molecular weight excluding hydrogens is 292 g/mol. The summed E-state index contributed by atoms with van der Waals surface area (Å²) in [6, 6.07) is 6.52. The van der Waals surface area contributed by atoms with E-state index in [-0.39, 0.29) is 6.04 Å². The Kier molecular flexibility index (Phi) is 4.65. The molecule has 0 bridgehead atoms. The van der Waals surface area contributed by atoms with Crippen LogP contribution in [0.15, 0.2) is 22.7 Å². The van der Waals surface area contributed by atoms with Crippen LogP contribution in [0.2, 0.25) is 0 Å². The molecule has 0 spiro atoms. The number of nitrogens with zero attached hydrogens (tertiary/aromatic N) is 1. The van der Waals surface area contributed by atoms with Crippen molar-refractivity contribution in [3.63, 3.8) is 0 Å². The van der Waals surface area contributed by atoms with Gasteiger partial charge in [-0.1, -0.05) is 22.0 Å². The molecule has 0 aromatic heterocycles. The van der Waals surface area contributed by atoms with Crippen molar-refractivity contribution in [1.29, 1.82) is 0 Å². The van der Waals surface area contributed by atoms with E-state index in [1.165, 1.54) is 12.1 Å². The molecule has 2 atom stereocenters. The van der Waals surface area contributed by atoms with Crippen LogP contribution in [0, 0.1) is 5.92 Å². The first-order valence-corrected chi connectivity index (χ1v) is 7.20. The van der Waals surface area contributed by atoms with Gasteiger partial charge in [0.05, 0.1) is 6.61 Å². The second kappa shape index (κ2) is 6.04. The lowest BCUT2D eigenvalue weighted by molar-refractivity contribution is 0.161. The minimum atomic E-state index is 0.0632. The summed E-state index contributed by atoms with van der Waals surface area (Å²) >= 11 is 3.61. The maximum Gasteiger partial charge on any atom is 0.0508 e. The van der Waals surface area contributed by atoms with E-state index in [1.54, 1.807) is 7.11 Å². The van der Waals surface area contributed by atoms with Crippen molar-refractivity contribution in [2.24, 2.45) is 11.7 Å². The summed E-state index contributed by atoms with van der Waals surface area (Å²) in [5.74, 6) is 0.655. The molecule has 1 aliphatic rings. The molecule has 0 amide bonds. The Balaban J connectivity index is 2.09. The monoisotopic (exact) mass is 312 g/mol. The Morgan fingerprint density at radius 2 is 2.33 bits per heavy atom. The van der Waals surface area contributed by atoms with Gasteiger partial charge < -0.3 is 15.4 Å². The molecule has 1 saturated heterocycles. The van der Waals surface area contributed by atoms with Gasteiger partial charge in [0.15, 0.2) is 0 Å². The fourth-order valence-corrected chi connectivity index (χ4v) is 3.25. The zero-order chi connectivity index (χ0) is 13.1. The van der Waals surface area contributed by atoms with Crippen LogP contribution in [-0.2, 0) is 4.74 Å². The Morgan fingerprint density at radius 1 is 1.56 bits per heavy atom. The highest BCUT2D eigenvalue weighted by molar-refractivity contribution is 9.10. The number of rotatable bonds is 4. The molecule has 4 heteroatoms. The number of hydrogen-bond acceptors (Lipinski definition) is 3. The first-order chi connectivity index (χ1) is 8.61. The average molecular weight is 313 g/mol. The SMILES string of the molecule is COCC1CCN(c2ccc(C(C)N)c(Br)c2)C1. The summed E-state index contributed by atoms with van der Waals surface area (Å²) in [7, 11) is 1.77. The zero-order valence-corrected chi connectivity index (χ0v) is 12.6. The van der Waals surface area contributed by atoms with Crippen LogP contribution < -0.4 is 10.6 Å². The number of hydrogen-bond donors (Lipinski definition) is 1. The lowest BCUT2D eigenvalue weighted by atomic mass is 10.1. The van der Waals surface area contributed by atoms with Gasteiger partial charge in [0, 0.05) is 42.3 Å². The molecular formula is C14H21BrN2O.